The van der Waals surface area contributed by atoms with Gasteiger partial charge in [-0.2, -0.15) is 0 Å². The van der Waals surface area contributed by atoms with Crippen LogP contribution in [0.4, 0.5) is 5.69 Å². The fourth-order valence-electron chi connectivity index (χ4n) is 5.34. The Labute approximate surface area is 211 Å². The molecule has 0 bridgehead atoms. The molecule has 2 atom stereocenters. The third-order valence-electron chi connectivity index (χ3n) is 7.01. The second kappa shape index (κ2) is 9.76. The molecule has 1 saturated heterocycles. The number of amides is 2. The summed E-state index contributed by atoms with van der Waals surface area (Å²) in [6, 6.07) is 14.4. The Morgan fingerprint density at radius 1 is 1.14 bits per heavy atom. The van der Waals surface area contributed by atoms with Crippen LogP contribution >= 0.6 is 0 Å². The molecule has 3 heterocycles. The van der Waals surface area contributed by atoms with Gasteiger partial charge in [-0.3, -0.25) is 9.59 Å². The van der Waals surface area contributed by atoms with E-state index >= 15 is 0 Å². The normalized spacial score (nSPS) is 20.5. The summed E-state index contributed by atoms with van der Waals surface area (Å²) < 4.78 is 0. The van der Waals surface area contributed by atoms with E-state index in [1.807, 2.05) is 54.3 Å². The summed E-state index contributed by atoms with van der Waals surface area (Å²) >= 11 is 0. The number of hydrogen-bond acceptors (Lipinski definition) is 4. The summed E-state index contributed by atoms with van der Waals surface area (Å²) in [4.78, 5) is 31.5. The Bertz CT molecular complexity index is 1350. The van der Waals surface area contributed by atoms with Crippen LogP contribution in [-0.2, 0) is 11.2 Å². The van der Waals surface area contributed by atoms with Crippen molar-refractivity contribution in [3.63, 3.8) is 0 Å². The average molecular weight is 485 g/mol. The lowest BCUT2D eigenvalue weighted by atomic mass is 9.93. The predicted molar refractivity (Wildman–Crippen MR) is 143 cm³/mol. The van der Waals surface area contributed by atoms with Crippen LogP contribution in [0, 0.1) is 6.92 Å². The molecule has 7 nitrogen and oxygen atoms in total. The number of aliphatic hydroxyl groups is 1. The molecule has 0 spiro atoms. The largest absolute Gasteiger partial charge is 0.396 e. The van der Waals surface area contributed by atoms with Gasteiger partial charge in [-0.05, 0) is 61.6 Å². The van der Waals surface area contributed by atoms with Crippen molar-refractivity contribution in [1.29, 1.82) is 0 Å². The zero-order chi connectivity index (χ0) is 25.4. The topological polar surface area (TPSA) is 97.5 Å². The summed E-state index contributed by atoms with van der Waals surface area (Å²) in [6.07, 6.45) is 4.17. The van der Waals surface area contributed by atoms with Gasteiger partial charge in [-0.15, -0.1) is 0 Å². The van der Waals surface area contributed by atoms with Gasteiger partial charge in [0.15, 0.2) is 0 Å². The summed E-state index contributed by atoms with van der Waals surface area (Å²) in [5, 5.41) is 15.8. The first-order valence-corrected chi connectivity index (χ1v) is 12.5. The second-order valence-corrected chi connectivity index (χ2v) is 9.83. The number of hydrogen-bond donors (Lipinski definition) is 4. The van der Waals surface area contributed by atoms with Crippen LogP contribution in [-0.4, -0.2) is 58.6 Å². The van der Waals surface area contributed by atoms with Crippen molar-refractivity contribution in [3.05, 3.63) is 76.6 Å². The molecule has 0 unspecified atom stereocenters. The standard InChI is InChI=1S/C29H32N4O3/c1-17-15-33(16-18(2)31-17)29(36)24-14-30-26(19(24)3)13-23-27-22(8-5-9-25(27)32-28(23)35)21-7-4-6-20(12-21)10-11-34/h4-9,12-14,17-18,30-31,34H,10-11,15-16H2,1-3H3,(H,32,35)/b23-13-/t17-,18+. The van der Waals surface area contributed by atoms with Crippen molar-refractivity contribution < 1.29 is 14.7 Å². The quantitative estimate of drug-likeness (QED) is 0.414. The molecular formula is C29H32N4O3. The minimum absolute atomic E-state index is 0.00580. The van der Waals surface area contributed by atoms with Crippen LogP contribution in [0.3, 0.4) is 0 Å². The van der Waals surface area contributed by atoms with Crippen LogP contribution in [0.25, 0.3) is 22.8 Å². The SMILES string of the molecule is Cc1c(C(=O)N2C[C@@H](C)N[C@@H](C)C2)c[nH]c1/C=C1\C(=O)Nc2cccc(-c3cccc(CCO)c3)c21. The van der Waals surface area contributed by atoms with Crippen molar-refractivity contribution in [2.75, 3.05) is 25.0 Å². The molecule has 36 heavy (non-hydrogen) atoms. The van der Waals surface area contributed by atoms with E-state index in [9.17, 15) is 14.7 Å². The number of nitrogens with zero attached hydrogens (tertiary/aromatic N) is 1. The maximum absolute atomic E-state index is 13.3. The van der Waals surface area contributed by atoms with E-state index in [1.165, 1.54) is 0 Å². The number of carbonyl (C=O) groups excluding carboxylic acids is 2. The summed E-state index contributed by atoms with van der Waals surface area (Å²) in [6.45, 7) is 7.51. The Morgan fingerprint density at radius 2 is 1.89 bits per heavy atom. The molecule has 2 aromatic carbocycles. The van der Waals surface area contributed by atoms with E-state index in [4.69, 9.17) is 0 Å². The highest BCUT2D eigenvalue weighted by atomic mass is 16.3. The lowest BCUT2D eigenvalue weighted by Crippen LogP contribution is -2.55. The number of anilines is 1. The zero-order valence-electron chi connectivity index (χ0n) is 20.9. The van der Waals surface area contributed by atoms with Crippen LogP contribution in [0.1, 0.15) is 46.6 Å². The molecule has 2 aliphatic rings. The van der Waals surface area contributed by atoms with Crippen molar-refractivity contribution in [3.8, 4) is 11.1 Å². The number of carbonyl (C=O) groups is 2. The molecule has 0 aliphatic carbocycles. The lowest BCUT2D eigenvalue weighted by molar-refractivity contribution is -0.110. The third kappa shape index (κ3) is 4.47. The first-order chi connectivity index (χ1) is 17.4. The van der Waals surface area contributed by atoms with Gasteiger partial charge in [0.2, 0.25) is 0 Å². The van der Waals surface area contributed by atoms with Crippen LogP contribution in [0.15, 0.2) is 48.7 Å². The van der Waals surface area contributed by atoms with E-state index in [0.717, 1.165) is 39.2 Å². The molecular weight excluding hydrogens is 452 g/mol. The molecule has 0 radical (unpaired) electrons. The fraction of sp³-hybridized carbons (Fsp3) is 0.310. The molecule has 7 heteroatoms. The Morgan fingerprint density at radius 3 is 2.64 bits per heavy atom. The minimum Gasteiger partial charge on any atom is -0.396 e. The number of piperazine rings is 1. The van der Waals surface area contributed by atoms with E-state index in [2.05, 4.69) is 35.5 Å². The molecule has 2 amide bonds. The minimum atomic E-state index is -0.171. The lowest BCUT2D eigenvalue weighted by Gasteiger charge is -2.36. The second-order valence-electron chi connectivity index (χ2n) is 9.83. The predicted octanol–water partition coefficient (Wildman–Crippen LogP) is 3.84. The van der Waals surface area contributed by atoms with E-state index in [0.29, 0.717) is 30.6 Å². The maximum Gasteiger partial charge on any atom is 0.256 e. The van der Waals surface area contributed by atoms with E-state index in [1.54, 1.807) is 6.20 Å². The number of nitrogens with one attached hydrogen (secondary N) is 3. The van der Waals surface area contributed by atoms with Crippen LogP contribution in [0.5, 0.6) is 0 Å². The third-order valence-corrected chi connectivity index (χ3v) is 7.01. The van der Waals surface area contributed by atoms with Gasteiger partial charge < -0.3 is 25.6 Å². The maximum atomic E-state index is 13.3. The smallest absolute Gasteiger partial charge is 0.256 e. The van der Waals surface area contributed by atoms with Crippen molar-refractivity contribution >= 4 is 29.2 Å². The number of aromatic nitrogens is 1. The van der Waals surface area contributed by atoms with Crippen molar-refractivity contribution in [2.24, 2.45) is 0 Å². The van der Waals surface area contributed by atoms with Gasteiger partial charge in [0.25, 0.3) is 11.8 Å². The molecule has 2 aliphatic heterocycles. The number of benzene rings is 2. The average Bonchev–Trinajstić information content (AvgIpc) is 3.37. The highest BCUT2D eigenvalue weighted by molar-refractivity contribution is 6.36. The van der Waals surface area contributed by atoms with Crippen LogP contribution in [0.2, 0.25) is 0 Å². The van der Waals surface area contributed by atoms with Gasteiger partial charge in [0, 0.05) is 54.9 Å². The number of fused-ring (bicyclic) bond motifs is 1. The fourth-order valence-corrected chi connectivity index (χ4v) is 5.34. The molecule has 3 aromatic rings. The first kappa shape index (κ1) is 24.0. The summed E-state index contributed by atoms with van der Waals surface area (Å²) in [7, 11) is 0. The summed E-state index contributed by atoms with van der Waals surface area (Å²) in [5.74, 6) is -0.165. The molecule has 1 aromatic heterocycles. The summed E-state index contributed by atoms with van der Waals surface area (Å²) in [5.41, 5.74) is 7.34. The molecule has 186 valence electrons. The number of rotatable bonds is 5. The monoisotopic (exact) mass is 484 g/mol. The Balaban J connectivity index is 1.51. The van der Waals surface area contributed by atoms with Crippen molar-refractivity contribution in [1.82, 2.24) is 15.2 Å². The molecule has 0 saturated carbocycles. The zero-order valence-corrected chi connectivity index (χ0v) is 20.9. The first-order valence-electron chi connectivity index (χ1n) is 12.5. The number of aliphatic hydroxyl groups excluding tert-OH is 1. The highest BCUT2D eigenvalue weighted by Gasteiger charge is 2.30. The van der Waals surface area contributed by atoms with Crippen LogP contribution < -0.4 is 10.6 Å². The molecule has 1 fully saturated rings. The Hall–Kier alpha value is -3.68. The van der Waals surface area contributed by atoms with Gasteiger partial charge in [0.1, 0.15) is 0 Å². The van der Waals surface area contributed by atoms with E-state index in [-0.39, 0.29) is 30.5 Å². The molecule has 4 N–H and O–H groups in total. The van der Waals surface area contributed by atoms with Gasteiger partial charge in [-0.25, -0.2) is 0 Å². The highest BCUT2D eigenvalue weighted by Crippen LogP contribution is 2.41. The molecule has 5 rings (SSSR count). The number of H-pyrrole nitrogens is 1. The van der Waals surface area contributed by atoms with Gasteiger partial charge in [0.05, 0.1) is 11.1 Å². The van der Waals surface area contributed by atoms with Crippen molar-refractivity contribution in [2.45, 2.75) is 39.3 Å². The van der Waals surface area contributed by atoms with E-state index < -0.39 is 0 Å². The Kier molecular flexibility index (Phi) is 6.51. The van der Waals surface area contributed by atoms with Gasteiger partial charge >= 0.3 is 0 Å². The number of aromatic amines is 1. The van der Waals surface area contributed by atoms with Gasteiger partial charge in [-0.1, -0.05) is 36.4 Å².